The quantitative estimate of drug-likeness (QED) is 0.688. The molecule has 0 saturated heterocycles. The lowest BCUT2D eigenvalue weighted by molar-refractivity contribution is -0.121. The van der Waals surface area contributed by atoms with Crippen molar-refractivity contribution in [3.05, 3.63) is 18.0 Å². The van der Waals surface area contributed by atoms with Gasteiger partial charge >= 0.3 is 0 Å². The highest BCUT2D eigenvalue weighted by molar-refractivity contribution is 5.75. The van der Waals surface area contributed by atoms with Crippen LogP contribution in [-0.4, -0.2) is 46.8 Å². The number of aromatic nitrogens is 2. The largest absolute Gasteiger partial charge is 0.356 e. The minimum atomic E-state index is 0.104. The van der Waals surface area contributed by atoms with Gasteiger partial charge in [0.25, 0.3) is 0 Å². The molecule has 0 radical (unpaired) electrons. The van der Waals surface area contributed by atoms with Crippen molar-refractivity contribution in [3.8, 4) is 0 Å². The van der Waals surface area contributed by atoms with E-state index >= 15 is 0 Å². The van der Waals surface area contributed by atoms with Crippen LogP contribution in [0.4, 0.5) is 0 Å². The van der Waals surface area contributed by atoms with Crippen LogP contribution in [0.3, 0.4) is 0 Å². The Bertz CT molecular complexity index is 371. The van der Waals surface area contributed by atoms with Gasteiger partial charge in [0.05, 0.1) is 6.20 Å². The van der Waals surface area contributed by atoms with Crippen LogP contribution in [-0.2, 0) is 11.3 Å². The number of hydrogen-bond acceptors (Lipinski definition) is 3. The molecule has 1 aromatic rings. The number of aryl methyl sites for hydroxylation is 2. The summed E-state index contributed by atoms with van der Waals surface area (Å²) in [4.78, 5) is 14.0. The second-order valence-electron chi connectivity index (χ2n) is 4.76. The molecule has 0 aliphatic heterocycles. The first-order valence-corrected chi connectivity index (χ1v) is 7.13. The molecule has 5 heteroatoms. The molecule has 0 spiro atoms. The number of rotatable bonds is 9. The summed E-state index contributed by atoms with van der Waals surface area (Å²) in [7, 11) is 0. The smallest absolute Gasteiger partial charge is 0.221 e. The molecule has 0 aliphatic rings. The topological polar surface area (TPSA) is 50.2 Å². The second-order valence-corrected chi connectivity index (χ2v) is 4.76. The van der Waals surface area contributed by atoms with Crippen LogP contribution in [0.15, 0.2) is 12.4 Å². The summed E-state index contributed by atoms with van der Waals surface area (Å²) in [5, 5.41) is 7.12. The molecule has 0 fully saturated rings. The van der Waals surface area contributed by atoms with Gasteiger partial charge in [0.1, 0.15) is 0 Å². The molecule has 0 atom stereocenters. The van der Waals surface area contributed by atoms with Crippen LogP contribution in [0.5, 0.6) is 0 Å². The molecule has 108 valence electrons. The van der Waals surface area contributed by atoms with Gasteiger partial charge in [0, 0.05) is 25.7 Å². The number of carbonyl (C=O) groups is 1. The maximum absolute atomic E-state index is 11.6. The molecule has 1 heterocycles. The third-order valence-electron chi connectivity index (χ3n) is 3.20. The molecular weight excluding hydrogens is 240 g/mol. The van der Waals surface area contributed by atoms with Crippen LogP contribution in [0.1, 0.15) is 32.3 Å². The monoisotopic (exact) mass is 266 g/mol. The van der Waals surface area contributed by atoms with E-state index in [2.05, 4.69) is 29.2 Å². The molecule has 1 rings (SSSR count). The Balaban J connectivity index is 2.08. The predicted octanol–water partition coefficient (Wildman–Crippen LogP) is 1.43. The second kappa shape index (κ2) is 8.69. The summed E-state index contributed by atoms with van der Waals surface area (Å²) in [6.07, 6.45) is 5.26. The van der Waals surface area contributed by atoms with E-state index < -0.39 is 0 Å². The van der Waals surface area contributed by atoms with E-state index in [4.69, 9.17) is 0 Å². The van der Waals surface area contributed by atoms with E-state index in [-0.39, 0.29) is 5.91 Å². The first-order valence-electron chi connectivity index (χ1n) is 7.13. The highest BCUT2D eigenvalue weighted by Crippen LogP contribution is 1.96. The highest BCUT2D eigenvalue weighted by atomic mass is 16.1. The van der Waals surface area contributed by atoms with Gasteiger partial charge < -0.3 is 10.2 Å². The molecule has 19 heavy (non-hydrogen) atoms. The summed E-state index contributed by atoms with van der Waals surface area (Å²) in [6.45, 7) is 10.9. The van der Waals surface area contributed by atoms with Gasteiger partial charge in [0.15, 0.2) is 0 Å². The van der Waals surface area contributed by atoms with E-state index in [9.17, 15) is 4.79 Å². The Labute approximate surface area is 116 Å². The van der Waals surface area contributed by atoms with Crippen molar-refractivity contribution in [2.24, 2.45) is 0 Å². The fourth-order valence-electron chi connectivity index (χ4n) is 1.96. The first kappa shape index (κ1) is 15.7. The van der Waals surface area contributed by atoms with Gasteiger partial charge in [-0.25, -0.2) is 0 Å². The van der Waals surface area contributed by atoms with Crippen molar-refractivity contribution in [3.63, 3.8) is 0 Å². The molecule has 0 bridgehead atoms. The zero-order valence-electron chi connectivity index (χ0n) is 12.4. The van der Waals surface area contributed by atoms with Crippen LogP contribution in [0, 0.1) is 6.92 Å². The molecule has 5 nitrogen and oxygen atoms in total. The number of nitrogens with one attached hydrogen (secondary N) is 1. The fraction of sp³-hybridized carbons (Fsp3) is 0.714. The third-order valence-corrected chi connectivity index (χ3v) is 3.20. The average molecular weight is 266 g/mol. The van der Waals surface area contributed by atoms with Crippen LogP contribution >= 0.6 is 0 Å². The minimum Gasteiger partial charge on any atom is -0.356 e. The van der Waals surface area contributed by atoms with Gasteiger partial charge in [-0.2, -0.15) is 5.10 Å². The number of carbonyl (C=O) groups excluding carboxylic acids is 1. The van der Waals surface area contributed by atoms with Crippen LogP contribution in [0.25, 0.3) is 0 Å². The van der Waals surface area contributed by atoms with E-state index in [0.717, 1.165) is 38.2 Å². The van der Waals surface area contributed by atoms with Gasteiger partial charge in [0.2, 0.25) is 5.91 Å². The highest BCUT2D eigenvalue weighted by Gasteiger charge is 2.03. The summed E-state index contributed by atoms with van der Waals surface area (Å²) in [5.74, 6) is 0.104. The van der Waals surface area contributed by atoms with E-state index in [1.807, 2.05) is 24.0 Å². The van der Waals surface area contributed by atoms with Crippen molar-refractivity contribution in [1.29, 1.82) is 0 Å². The number of nitrogens with zero attached hydrogens (tertiary/aromatic N) is 3. The number of amides is 1. The van der Waals surface area contributed by atoms with Crippen molar-refractivity contribution in [1.82, 2.24) is 20.0 Å². The van der Waals surface area contributed by atoms with Crippen molar-refractivity contribution < 1.29 is 4.79 Å². The third kappa shape index (κ3) is 6.38. The van der Waals surface area contributed by atoms with E-state index in [0.29, 0.717) is 13.0 Å². The fourth-order valence-corrected chi connectivity index (χ4v) is 1.96. The zero-order valence-corrected chi connectivity index (χ0v) is 12.4. The Hall–Kier alpha value is -1.36. The first-order chi connectivity index (χ1) is 9.15. The lowest BCUT2D eigenvalue weighted by Gasteiger charge is -2.17. The Morgan fingerprint density at radius 3 is 2.74 bits per heavy atom. The predicted molar refractivity (Wildman–Crippen MR) is 77.0 cm³/mol. The maximum atomic E-state index is 11.6. The molecule has 0 aliphatic carbocycles. The summed E-state index contributed by atoms with van der Waals surface area (Å²) in [6, 6.07) is 0. The van der Waals surface area contributed by atoms with Crippen molar-refractivity contribution in [2.45, 2.75) is 40.2 Å². The van der Waals surface area contributed by atoms with Gasteiger partial charge in [-0.1, -0.05) is 13.8 Å². The molecule has 1 amide bonds. The Morgan fingerprint density at radius 1 is 1.42 bits per heavy atom. The molecule has 0 saturated carbocycles. The zero-order chi connectivity index (χ0) is 14.1. The van der Waals surface area contributed by atoms with Gasteiger partial charge in [-0.3, -0.25) is 9.48 Å². The summed E-state index contributed by atoms with van der Waals surface area (Å²) < 4.78 is 1.81. The van der Waals surface area contributed by atoms with E-state index in [1.165, 1.54) is 0 Å². The van der Waals surface area contributed by atoms with Crippen LogP contribution in [0.2, 0.25) is 0 Å². The Kier molecular flexibility index (Phi) is 7.18. The Morgan fingerprint density at radius 2 is 2.16 bits per heavy atom. The van der Waals surface area contributed by atoms with Gasteiger partial charge in [-0.05, 0) is 38.5 Å². The summed E-state index contributed by atoms with van der Waals surface area (Å²) in [5.41, 5.74) is 1.12. The molecule has 0 unspecified atom stereocenters. The lowest BCUT2D eigenvalue weighted by Crippen LogP contribution is -2.30. The standard InChI is InChI=1S/C14H26N4O/c1-4-17(5-2)9-6-8-15-14(19)7-10-18-12-13(3)11-16-18/h11-12H,4-10H2,1-3H3,(H,15,19). The lowest BCUT2D eigenvalue weighted by atomic mass is 10.3. The van der Waals surface area contributed by atoms with Gasteiger partial charge in [-0.15, -0.1) is 0 Å². The normalized spacial score (nSPS) is 10.9. The number of hydrogen-bond donors (Lipinski definition) is 1. The summed E-state index contributed by atoms with van der Waals surface area (Å²) >= 11 is 0. The molecular formula is C14H26N4O. The average Bonchev–Trinajstić information content (AvgIpc) is 2.82. The van der Waals surface area contributed by atoms with Crippen molar-refractivity contribution in [2.75, 3.05) is 26.2 Å². The molecule has 0 aromatic carbocycles. The molecule has 1 N–H and O–H groups in total. The SMILES string of the molecule is CCN(CC)CCCNC(=O)CCn1cc(C)cn1. The molecule has 1 aromatic heterocycles. The van der Waals surface area contributed by atoms with Crippen LogP contribution < -0.4 is 5.32 Å². The minimum absolute atomic E-state index is 0.104. The maximum Gasteiger partial charge on any atom is 0.221 e. The van der Waals surface area contributed by atoms with Crippen molar-refractivity contribution >= 4 is 5.91 Å². The van der Waals surface area contributed by atoms with E-state index in [1.54, 1.807) is 0 Å².